The van der Waals surface area contributed by atoms with Crippen LogP contribution in [0.4, 0.5) is 5.69 Å². The number of carbonyl (C=O) groups excluding carboxylic acids is 1. The highest BCUT2D eigenvalue weighted by atomic mass is 32.2. The minimum atomic E-state index is -0.0225. The van der Waals surface area contributed by atoms with Gasteiger partial charge >= 0.3 is 0 Å². The van der Waals surface area contributed by atoms with Gasteiger partial charge in [-0.1, -0.05) is 42.0 Å². The third-order valence-corrected chi connectivity index (χ3v) is 4.38. The van der Waals surface area contributed by atoms with Crippen molar-refractivity contribution in [2.75, 3.05) is 11.1 Å². The number of thioether (sulfide) groups is 1. The fourth-order valence-corrected chi connectivity index (χ4v) is 2.82. The SMILES string of the molecule is Cc1ccc(CSCC(=O)Nc2cc(CO)ccc2C)cc1. The molecule has 0 aliphatic heterocycles. The summed E-state index contributed by atoms with van der Waals surface area (Å²) in [6.45, 7) is 3.98. The molecule has 0 heterocycles. The fraction of sp³-hybridized carbons (Fsp3) is 0.278. The van der Waals surface area contributed by atoms with Gasteiger partial charge in [0.15, 0.2) is 0 Å². The van der Waals surface area contributed by atoms with Crippen molar-refractivity contribution in [3.8, 4) is 0 Å². The maximum absolute atomic E-state index is 12.0. The first kappa shape index (κ1) is 16.6. The second-order valence-electron chi connectivity index (χ2n) is 5.33. The monoisotopic (exact) mass is 315 g/mol. The number of aliphatic hydroxyl groups is 1. The summed E-state index contributed by atoms with van der Waals surface area (Å²) in [6.07, 6.45) is 0. The summed E-state index contributed by atoms with van der Waals surface area (Å²) in [5.41, 5.74) is 5.03. The Balaban J connectivity index is 1.84. The molecule has 0 spiro atoms. The molecule has 2 rings (SSSR count). The van der Waals surface area contributed by atoms with Crippen LogP contribution < -0.4 is 5.32 Å². The van der Waals surface area contributed by atoms with Crippen molar-refractivity contribution in [3.63, 3.8) is 0 Å². The Hall–Kier alpha value is -1.78. The molecule has 0 radical (unpaired) electrons. The Labute approximate surface area is 135 Å². The molecule has 1 amide bonds. The highest BCUT2D eigenvalue weighted by molar-refractivity contribution is 7.99. The van der Waals surface area contributed by atoms with Gasteiger partial charge in [-0.25, -0.2) is 0 Å². The van der Waals surface area contributed by atoms with Gasteiger partial charge < -0.3 is 10.4 Å². The summed E-state index contributed by atoms with van der Waals surface area (Å²) in [7, 11) is 0. The van der Waals surface area contributed by atoms with Crippen LogP contribution in [0.25, 0.3) is 0 Å². The van der Waals surface area contributed by atoms with Crippen LogP contribution >= 0.6 is 11.8 Å². The van der Waals surface area contributed by atoms with E-state index in [1.165, 1.54) is 11.1 Å². The molecule has 0 aromatic heterocycles. The fourth-order valence-electron chi connectivity index (χ4n) is 2.03. The standard InChI is InChI=1S/C18H21NO2S/c1-13-3-6-15(7-4-13)11-22-12-18(21)19-17-9-16(10-20)8-5-14(17)2/h3-9,20H,10-12H2,1-2H3,(H,19,21). The predicted molar refractivity (Wildman–Crippen MR) is 93.1 cm³/mol. The lowest BCUT2D eigenvalue weighted by molar-refractivity contribution is -0.113. The van der Waals surface area contributed by atoms with Crippen LogP contribution in [0, 0.1) is 13.8 Å². The summed E-state index contributed by atoms with van der Waals surface area (Å²) in [6, 6.07) is 13.9. The lowest BCUT2D eigenvalue weighted by Gasteiger charge is -2.10. The van der Waals surface area contributed by atoms with Gasteiger partial charge in [-0.05, 0) is 36.6 Å². The Kier molecular flexibility index (Phi) is 6.04. The molecule has 0 atom stereocenters. The number of carbonyl (C=O) groups is 1. The number of hydrogen-bond acceptors (Lipinski definition) is 3. The van der Waals surface area contributed by atoms with E-state index in [1.807, 2.05) is 25.1 Å². The minimum absolute atomic E-state index is 0.0182. The molecule has 0 saturated carbocycles. The van der Waals surface area contributed by atoms with Crippen molar-refractivity contribution >= 4 is 23.4 Å². The zero-order valence-corrected chi connectivity index (χ0v) is 13.7. The van der Waals surface area contributed by atoms with E-state index >= 15 is 0 Å². The first-order chi connectivity index (χ1) is 10.6. The average Bonchev–Trinajstić information content (AvgIpc) is 2.51. The largest absolute Gasteiger partial charge is 0.392 e. The van der Waals surface area contributed by atoms with Crippen molar-refractivity contribution in [1.82, 2.24) is 0 Å². The summed E-state index contributed by atoms with van der Waals surface area (Å²) in [5, 5.41) is 12.1. The van der Waals surface area contributed by atoms with E-state index < -0.39 is 0 Å². The third-order valence-electron chi connectivity index (χ3n) is 3.38. The van der Waals surface area contributed by atoms with E-state index in [9.17, 15) is 4.79 Å². The molecular weight excluding hydrogens is 294 g/mol. The molecule has 0 bridgehead atoms. The van der Waals surface area contributed by atoms with E-state index in [0.29, 0.717) is 5.75 Å². The molecular formula is C18H21NO2S. The highest BCUT2D eigenvalue weighted by Gasteiger charge is 2.06. The maximum atomic E-state index is 12.0. The van der Waals surface area contributed by atoms with Crippen LogP contribution in [0.3, 0.4) is 0 Å². The first-order valence-corrected chi connectivity index (χ1v) is 8.37. The van der Waals surface area contributed by atoms with Gasteiger partial charge in [0.1, 0.15) is 0 Å². The van der Waals surface area contributed by atoms with Gasteiger partial charge in [0.05, 0.1) is 12.4 Å². The molecule has 0 unspecified atom stereocenters. The van der Waals surface area contributed by atoms with E-state index in [1.54, 1.807) is 11.8 Å². The molecule has 116 valence electrons. The molecule has 2 aromatic rings. The van der Waals surface area contributed by atoms with Crippen molar-refractivity contribution in [2.45, 2.75) is 26.2 Å². The Morgan fingerprint density at radius 2 is 1.77 bits per heavy atom. The Morgan fingerprint density at radius 1 is 1.09 bits per heavy atom. The van der Waals surface area contributed by atoms with Crippen molar-refractivity contribution in [1.29, 1.82) is 0 Å². The number of aryl methyl sites for hydroxylation is 2. The van der Waals surface area contributed by atoms with E-state index in [2.05, 4.69) is 36.5 Å². The van der Waals surface area contributed by atoms with E-state index in [0.717, 1.165) is 22.6 Å². The topological polar surface area (TPSA) is 49.3 Å². The van der Waals surface area contributed by atoms with E-state index in [-0.39, 0.29) is 12.5 Å². The van der Waals surface area contributed by atoms with E-state index in [4.69, 9.17) is 5.11 Å². The van der Waals surface area contributed by atoms with Crippen molar-refractivity contribution in [2.24, 2.45) is 0 Å². The van der Waals surface area contributed by atoms with Crippen LogP contribution in [0.15, 0.2) is 42.5 Å². The number of anilines is 1. The van der Waals surface area contributed by atoms with Crippen molar-refractivity contribution < 1.29 is 9.90 Å². The molecule has 3 nitrogen and oxygen atoms in total. The first-order valence-electron chi connectivity index (χ1n) is 7.22. The second-order valence-corrected chi connectivity index (χ2v) is 6.32. The summed E-state index contributed by atoms with van der Waals surface area (Å²) >= 11 is 1.59. The Morgan fingerprint density at radius 3 is 2.45 bits per heavy atom. The van der Waals surface area contributed by atoms with Gasteiger partial charge in [-0.15, -0.1) is 11.8 Å². The summed E-state index contributed by atoms with van der Waals surface area (Å²) in [4.78, 5) is 12.0. The van der Waals surface area contributed by atoms with Gasteiger partial charge in [0, 0.05) is 11.4 Å². The van der Waals surface area contributed by atoms with Gasteiger partial charge in [0.2, 0.25) is 5.91 Å². The van der Waals surface area contributed by atoms with Crippen molar-refractivity contribution in [3.05, 3.63) is 64.7 Å². The minimum Gasteiger partial charge on any atom is -0.392 e. The molecule has 0 saturated heterocycles. The smallest absolute Gasteiger partial charge is 0.234 e. The summed E-state index contributed by atoms with van der Waals surface area (Å²) in [5.74, 6) is 1.22. The maximum Gasteiger partial charge on any atom is 0.234 e. The number of aliphatic hydroxyl groups excluding tert-OH is 1. The summed E-state index contributed by atoms with van der Waals surface area (Å²) < 4.78 is 0. The molecule has 2 aromatic carbocycles. The number of hydrogen-bond donors (Lipinski definition) is 2. The van der Waals surface area contributed by atoms with Gasteiger partial charge in [0.25, 0.3) is 0 Å². The normalized spacial score (nSPS) is 10.5. The number of amides is 1. The van der Waals surface area contributed by atoms with Crippen LogP contribution in [0.5, 0.6) is 0 Å². The lowest BCUT2D eigenvalue weighted by atomic mass is 10.1. The lowest BCUT2D eigenvalue weighted by Crippen LogP contribution is -2.15. The highest BCUT2D eigenvalue weighted by Crippen LogP contribution is 2.18. The number of nitrogens with one attached hydrogen (secondary N) is 1. The zero-order chi connectivity index (χ0) is 15.9. The zero-order valence-electron chi connectivity index (χ0n) is 12.9. The number of benzene rings is 2. The predicted octanol–water partition coefficient (Wildman–Crippen LogP) is 3.67. The van der Waals surface area contributed by atoms with Crippen LogP contribution in [-0.4, -0.2) is 16.8 Å². The van der Waals surface area contributed by atoms with Crippen LogP contribution in [0.1, 0.15) is 22.3 Å². The molecule has 0 aliphatic carbocycles. The molecule has 0 fully saturated rings. The van der Waals surface area contributed by atoms with Gasteiger partial charge in [-0.2, -0.15) is 0 Å². The third kappa shape index (κ3) is 4.90. The van der Waals surface area contributed by atoms with Crippen LogP contribution in [0.2, 0.25) is 0 Å². The molecule has 2 N–H and O–H groups in total. The second kappa shape index (κ2) is 8.01. The molecule has 22 heavy (non-hydrogen) atoms. The van der Waals surface area contributed by atoms with Gasteiger partial charge in [-0.3, -0.25) is 4.79 Å². The molecule has 4 heteroatoms. The Bertz CT molecular complexity index is 638. The number of rotatable bonds is 6. The quantitative estimate of drug-likeness (QED) is 0.855. The molecule has 0 aliphatic rings. The average molecular weight is 315 g/mol. The van der Waals surface area contributed by atoms with Crippen LogP contribution in [-0.2, 0) is 17.2 Å².